The first-order chi connectivity index (χ1) is 8.70. The van der Waals surface area contributed by atoms with E-state index in [2.05, 4.69) is 4.98 Å². The summed E-state index contributed by atoms with van der Waals surface area (Å²) >= 11 is 1.27. The average molecular weight is 263 g/mol. The molecule has 4 nitrogen and oxygen atoms in total. The predicted molar refractivity (Wildman–Crippen MR) is 69.2 cm³/mol. The topological polar surface area (TPSA) is 59.4 Å². The maximum atomic E-state index is 11.1. The summed E-state index contributed by atoms with van der Waals surface area (Å²) in [5, 5.41) is 9.09. The van der Waals surface area contributed by atoms with Gasteiger partial charge in [0.2, 0.25) is 0 Å². The van der Waals surface area contributed by atoms with Crippen LogP contribution in [0.2, 0.25) is 0 Å². The minimum Gasteiger partial charge on any atom is -0.487 e. The van der Waals surface area contributed by atoms with Crippen LogP contribution in [-0.4, -0.2) is 16.1 Å². The van der Waals surface area contributed by atoms with Crippen molar-refractivity contribution in [3.05, 3.63) is 45.9 Å². The van der Waals surface area contributed by atoms with Crippen LogP contribution in [0.1, 0.15) is 27.0 Å². The number of carboxylic acids is 1. The SMILES string of the molecule is CCc1cc(OCc2ccncc2)c(C(=O)O)s1. The summed E-state index contributed by atoms with van der Waals surface area (Å²) in [5.74, 6) is -0.495. The van der Waals surface area contributed by atoms with Crippen LogP contribution in [-0.2, 0) is 13.0 Å². The van der Waals surface area contributed by atoms with Crippen molar-refractivity contribution in [3.63, 3.8) is 0 Å². The molecular weight excluding hydrogens is 250 g/mol. The molecule has 0 aliphatic heterocycles. The van der Waals surface area contributed by atoms with Gasteiger partial charge < -0.3 is 9.84 Å². The molecular formula is C13H13NO3S. The van der Waals surface area contributed by atoms with Crippen molar-refractivity contribution in [2.24, 2.45) is 0 Å². The summed E-state index contributed by atoms with van der Waals surface area (Å²) in [7, 11) is 0. The van der Waals surface area contributed by atoms with Crippen LogP contribution in [0, 0.1) is 0 Å². The fraction of sp³-hybridized carbons (Fsp3) is 0.231. The average Bonchev–Trinajstić information content (AvgIpc) is 2.81. The molecule has 2 heterocycles. The summed E-state index contributed by atoms with van der Waals surface area (Å²) in [5.41, 5.74) is 0.964. The molecule has 0 radical (unpaired) electrons. The number of aromatic carboxylic acids is 1. The number of rotatable bonds is 5. The molecule has 0 amide bonds. The number of thiophene rings is 1. The van der Waals surface area contributed by atoms with E-state index in [1.54, 1.807) is 18.5 Å². The third-order valence-electron chi connectivity index (χ3n) is 2.44. The van der Waals surface area contributed by atoms with Crippen LogP contribution in [0.25, 0.3) is 0 Å². The van der Waals surface area contributed by atoms with Crippen molar-refractivity contribution >= 4 is 17.3 Å². The second kappa shape index (κ2) is 5.64. The molecule has 5 heteroatoms. The van der Waals surface area contributed by atoms with Crippen LogP contribution >= 0.6 is 11.3 Å². The molecule has 0 spiro atoms. The fourth-order valence-corrected chi connectivity index (χ4v) is 2.37. The largest absolute Gasteiger partial charge is 0.487 e. The van der Waals surface area contributed by atoms with Crippen molar-refractivity contribution in [2.75, 3.05) is 0 Å². The minimum absolute atomic E-state index is 0.265. The Labute approximate surface area is 109 Å². The fourth-order valence-electron chi connectivity index (χ4n) is 1.49. The van der Waals surface area contributed by atoms with Crippen molar-refractivity contribution in [1.82, 2.24) is 4.98 Å². The Morgan fingerprint density at radius 1 is 1.44 bits per heavy atom. The summed E-state index contributed by atoms with van der Waals surface area (Å²) in [6.07, 6.45) is 4.17. The molecule has 0 bridgehead atoms. The highest BCUT2D eigenvalue weighted by Crippen LogP contribution is 2.30. The Balaban J connectivity index is 2.13. The zero-order chi connectivity index (χ0) is 13.0. The molecule has 0 saturated carbocycles. The summed E-state index contributed by atoms with van der Waals surface area (Å²) in [6, 6.07) is 5.48. The molecule has 18 heavy (non-hydrogen) atoms. The van der Waals surface area contributed by atoms with Crippen molar-refractivity contribution < 1.29 is 14.6 Å². The molecule has 2 aromatic heterocycles. The van der Waals surface area contributed by atoms with E-state index < -0.39 is 5.97 Å². The van der Waals surface area contributed by atoms with E-state index in [1.165, 1.54) is 11.3 Å². The first kappa shape index (κ1) is 12.6. The molecule has 94 valence electrons. The van der Waals surface area contributed by atoms with E-state index in [0.29, 0.717) is 12.4 Å². The van der Waals surface area contributed by atoms with E-state index in [9.17, 15) is 4.79 Å². The van der Waals surface area contributed by atoms with Gasteiger partial charge in [-0.2, -0.15) is 0 Å². The number of carboxylic acid groups (broad SMARTS) is 1. The monoisotopic (exact) mass is 263 g/mol. The van der Waals surface area contributed by atoms with Crippen molar-refractivity contribution in [1.29, 1.82) is 0 Å². The summed E-state index contributed by atoms with van der Waals surface area (Å²) < 4.78 is 5.57. The van der Waals surface area contributed by atoms with E-state index in [-0.39, 0.29) is 4.88 Å². The van der Waals surface area contributed by atoms with Gasteiger partial charge in [-0.15, -0.1) is 11.3 Å². The van der Waals surface area contributed by atoms with Gasteiger partial charge in [-0.1, -0.05) is 6.92 Å². The van der Waals surface area contributed by atoms with Crippen LogP contribution in [0.3, 0.4) is 0 Å². The van der Waals surface area contributed by atoms with Crippen LogP contribution in [0.5, 0.6) is 5.75 Å². The zero-order valence-electron chi connectivity index (χ0n) is 9.92. The van der Waals surface area contributed by atoms with Crippen LogP contribution < -0.4 is 4.74 Å². The first-order valence-corrected chi connectivity index (χ1v) is 6.40. The van der Waals surface area contributed by atoms with E-state index >= 15 is 0 Å². The normalized spacial score (nSPS) is 10.3. The van der Waals surface area contributed by atoms with Gasteiger partial charge in [0.25, 0.3) is 0 Å². The lowest BCUT2D eigenvalue weighted by molar-refractivity contribution is 0.0697. The van der Waals surface area contributed by atoms with Gasteiger partial charge >= 0.3 is 5.97 Å². The summed E-state index contributed by atoms with van der Waals surface area (Å²) in [4.78, 5) is 16.3. The lowest BCUT2D eigenvalue weighted by atomic mass is 10.3. The molecule has 1 N–H and O–H groups in total. The number of hydrogen-bond acceptors (Lipinski definition) is 4. The van der Waals surface area contributed by atoms with E-state index in [1.807, 2.05) is 19.1 Å². The van der Waals surface area contributed by atoms with Crippen molar-refractivity contribution in [3.8, 4) is 5.75 Å². The zero-order valence-corrected chi connectivity index (χ0v) is 10.7. The maximum Gasteiger partial charge on any atom is 0.349 e. The van der Waals surface area contributed by atoms with Gasteiger partial charge in [0.15, 0.2) is 4.88 Å². The van der Waals surface area contributed by atoms with Gasteiger partial charge in [0.1, 0.15) is 12.4 Å². The number of aromatic nitrogens is 1. The van der Waals surface area contributed by atoms with Gasteiger partial charge in [0, 0.05) is 17.3 Å². The Morgan fingerprint density at radius 2 is 2.17 bits per heavy atom. The maximum absolute atomic E-state index is 11.1. The molecule has 0 aliphatic carbocycles. The Kier molecular flexibility index (Phi) is 3.94. The van der Waals surface area contributed by atoms with Crippen LogP contribution in [0.4, 0.5) is 0 Å². The van der Waals surface area contributed by atoms with Gasteiger partial charge in [-0.3, -0.25) is 4.98 Å². The molecule has 0 atom stereocenters. The second-order valence-electron chi connectivity index (χ2n) is 3.71. The number of nitrogens with zero attached hydrogens (tertiary/aromatic N) is 1. The lowest BCUT2D eigenvalue weighted by Gasteiger charge is -2.04. The molecule has 2 aromatic rings. The van der Waals surface area contributed by atoms with Crippen molar-refractivity contribution in [2.45, 2.75) is 20.0 Å². The number of carbonyl (C=O) groups is 1. The molecule has 0 unspecified atom stereocenters. The highest BCUT2D eigenvalue weighted by molar-refractivity contribution is 7.14. The van der Waals surface area contributed by atoms with Gasteiger partial charge in [-0.05, 0) is 30.2 Å². The van der Waals surface area contributed by atoms with E-state index in [0.717, 1.165) is 16.9 Å². The number of pyridine rings is 1. The minimum atomic E-state index is -0.940. The summed E-state index contributed by atoms with van der Waals surface area (Å²) in [6.45, 7) is 2.34. The predicted octanol–water partition coefficient (Wildman–Crippen LogP) is 2.98. The number of aryl methyl sites for hydroxylation is 1. The van der Waals surface area contributed by atoms with E-state index in [4.69, 9.17) is 9.84 Å². The highest BCUT2D eigenvalue weighted by atomic mass is 32.1. The third-order valence-corrected chi connectivity index (χ3v) is 3.68. The molecule has 0 aliphatic rings. The number of hydrogen-bond donors (Lipinski definition) is 1. The van der Waals surface area contributed by atoms with Crippen LogP contribution in [0.15, 0.2) is 30.6 Å². The standard InChI is InChI=1S/C13H13NO3S/c1-2-10-7-11(12(18-10)13(15)16)17-8-9-3-5-14-6-4-9/h3-7H,2,8H2,1H3,(H,15,16). The third kappa shape index (κ3) is 2.87. The smallest absolute Gasteiger partial charge is 0.349 e. The Morgan fingerprint density at radius 3 is 2.78 bits per heavy atom. The second-order valence-corrected chi connectivity index (χ2v) is 4.85. The molecule has 0 saturated heterocycles. The molecule has 0 aromatic carbocycles. The first-order valence-electron chi connectivity index (χ1n) is 5.58. The quantitative estimate of drug-likeness (QED) is 0.901. The van der Waals surface area contributed by atoms with Gasteiger partial charge in [0.05, 0.1) is 0 Å². The van der Waals surface area contributed by atoms with Gasteiger partial charge in [-0.25, -0.2) is 4.79 Å². The Bertz CT molecular complexity index is 536. The number of ether oxygens (including phenoxy) is 1. The molecule has 0 fully saturated rings. The molecule has 2 rings (SSSR count). The highest BCUT2D eigenvalue weighted by Gasteiger charge is 2.16. The lowest BCUT2D eigenvalue weighted by Crippen LogP contribution is -2.00. The Hall–Kier alpha value is -1.88.